The molecule has 2 atom stereocenters. The number of carbonyl (C=O) groups excluding carboxylic acids is 2. The number of carboxylic acid groups (broad SMARTS) is 1. The Balaban J connectivity index is 2.13. The first kappa shape index (κ1) is 15.0. The first-order valence-corrected chi connectivity index (χ1v) is 6.59. The minimum atomic E-state index is -1.30. The number of nitrogens with one attached hydrogen (secondary N) is 2. The second-order valence-electron chi connectivity index (χ2n) is 4.95. The Kier molecular flexibility index (Phi) is 4.54. The monoisotopic (exact) mass is 291 g/mol. The summed E-state index contributed by atoms with van der Waals surface area (Å²) in [6, 6.07) is 6.18. The fraction of sp³-hybridized carbons (Fsp3) is 0.357. The van der Waals surface area contributed by atoms with Crippen LogP contribution in [0, 0.1) is 0 Å². The van der Waals surface area contributed by atoms with Crippen LogP contribution in [0.4, 0.5) is 0 Å². The zero-order valence-electron chi connectivity index (χ0n) is 11.3. The van der Waals surface area contributed by atoms with Gasteiger partial charge in [0.15, 0.2) is 0 Å². The second kappa shape index (κ2) is 6.36. The van der Waals surface area contributed by atoms with Crippen LogP contribution in [0.1, 0.15) is 23.5 Å². The van der Waals surface area contributed by atoms with Crippen LogP contribution in [-0.4, -0.2) is 35.5 Å². The minimum Gasteiger partial charge on any atom is -0.480 e. The molecule has 0 saturated heterocycles. The number of nitrogens with two attached hydrogens (primary N) is 1. The molecule has 112 valence electrons. The van der Waals surface area contributed by atoms with Crippen molar-refractivity contribution < 1.29 is 19.5 Å². The largest absolute Gasteiger partial charge is 0.480 e. The van der Waals surface area contributed by atoms with E-state index in [2.05, 4.69) is 10.6 Å². The Bertz CT molecular complexity index is 573. The lowest BCUT2D eigenvalue weighted by Gasteiger charge is -2.26. The van der Waals surface area contributed by atoms with E-state index in [0.717, 1.165) is 11.1 Å². The normalized spacial score (nSPS) is 18.4. The molecule has 1 aliphatic heterocycles. The SMILES string of the molecule is NC(=O)CC(NC(=O)C1CNCc2ccccc21)C(=O)O. The molecule has 0 fully saturated rings. The molecule has 7 heteroatoms. The quantitative estimate of drug-likeness (QED) is 0.572. The predicted molar refractivity (Wildman–Crippen MR) is 74.3 cm³/mol. The van der Waals surface area contributed by atoms with Crippen LogP contribution < -0.4 is 16.4 Å². The summed E-state index contributed by atoms with van der Waals surface area (Å²) < 4.78 is 0. The standard InChI is InChI=1S/C14H17N3O4/c15-12(18)5-11(14(20)21)17-13(19)10-7-16-6-8-3-1-2-4-9(8)10/h1-4,10-11,16H,5-7H2,(H2,15,18)(H,17,19)(H,20,21). The van der Waals surface area contributed by atoms with E-state index >= 15 is 0 Å². The highest BCUT2D eigenvalue weighted by Crippen LogP contribution is 2.24. The molecule has 0 spiro atoms. The van der Waals surface area contributed by atoms with Crippen LogP contribution >= 0.6 is 0 Å². The summed E-state index contributed by atoms with van der Waals surface area (Å²) in [6.07, 6.45) is -0.428. The summed E-state index contributed by atoms with van der Waals surface area (Å²) in [6.45, 7) is 1.09. The zero-order chi connectivity index (χ0) is 15.4. The van der Waals surface area contributed by atoms with E-state index in [1.165, 1.54) is 0 Å². The average molecular weight is 291 g/mol. The average Bonchev–Trinajstić information content (AvgIpc) is 2.45. The number of carboxylic acids is 1. The maximum atomic E-state index is 12.3. The molecule has 1 aromatic rings. The van der Waals surface area contributed by atoms with Crippen molar-refractivity contribution in [1.29, 1.82) is 0 Å². The molecule has 2 rings (SSSR count). The first-order chi connectivity index (χ1) is 9.99. The van der Waals surface area contributed by atoms with Crippen LogP contribution in [0.3, 0.4) is 0 Å². The van der Waals surface area contributed by atoms with Crippen LogP contribution in [0.25, 0.3) is 0 Å². The third-order valence-corrected chi connectivity index (χ3v) is 3.43. The van der Waals surface area contributed by atoms with E-state index in [-0.39, 0.29) is 0 Å². The third kappa shape index (κ3) is 3.57. The summed E-state index contributed by atoms with van der Waals surface area (Å²) in [4.78, 5) is 34.2. The molecule has 0 radical (unpaired) electrons. The van der Waals surface area contributed by atoms with Gasteiger partial charge in [-0.05, 0) is 11.1 Å². The van der Waals surface area contributed by atoms with E-state index < -0.39 is 36.2 Å². The van der Waals surface area contributed by atoms with Gasteiger partial charge in [-0.15, -0.1) is 0 Å². The van der Waals surface area contributed by atoms with Crippen LogP contribution in [0.5, 0.6) is 0 Å². The van der Waals surface area contributed by atoms with Crippen LogP contribution in [0.15, 0.2) is 24.3 Å². The highest BCUT2D eigenvalue weighted by atomic mass is 16.4. The van der Waals surface area contributed by atoms with Crippen molar-refractivity contribution >= 4 is 17.8 Å². The summed E-state index contributed by atoms with van der Waals surface area (Å²) >= 11 is 0. The molecule has 21 heavy (non-hydrogen) atoms. The molecule has 0 saturated carbocycles. The van der Waals surface area contributed by atoms with Crippen molar-refractivity contribution in [2.24, 2.45) is 5.73 Å². The second-order valence-corrected chi connectivity index (χ2v) is 4.95. The van der Waals surface area contributed by atoms with Gasteiger partial charge in [0.1, 0.15) is 6.04 Å². The zero-order valence-corrected chi connectivity index (χ0v) is 11.3. The van der Waals surface area contributed by atoms with Crippen molar-refractivity contribution in [3.8, 4) is 0 Å². The molecule has 0 aromatic heterocycles. The Morgan fingerprint density at radius 2 is 2.10 bits per heavy atom. The summed E-state index contributed by atoms with van der Waals surface area (Å²) in [7, 11) is 0. The van der Waals surface area contributed by atoms with Crippen LogP contribution in [-0.2, 0) is 20.9 Å². The van der Waals surface area contributed by atoms with Gasteiger partial charge in [0.25, 0.3) is 0 Å². The molecule has 7 nitrogen and oxygen atoms in total. The molecule has 1 aromatic carbocycles. The van der Waals surface area contributed by atoms with Crippen molar-refractivity contribution in [3.05, 3.63) is 35.4 Å². The highest BCUT2D eigenvalue weighted by molar-refractivity contribution is 5.91. The lowest BCUT2D eigenvalue weighted by Crippen LogP contribution is -2.47. The lowest BCUT2D eigenvalue weighted by atomic mass is 9.90. The Morgan fingerprint density at radius 3 is 2.76 bits per heavy atom. The molecule has 5 N–H and O–H groups in total. The molecule has 0 bridgehead atoms. The lowest BCUT2D eigenvalue weighted by molar-refractivity contribution is -0.143. The van der Waals surface area contributed by atoms with Crippen molar-refractivity contribution in [1.82, 2.24) is 10.6 Å². The molecule has 1 aliphatic rings. The van der Waals surface area contributed by atoms with Crippen molar-refractivity contribution in [3.63, 3.8) is 0 Å². The van der Waals surface area contributed by atoms with E-state index in [4.69, 9.17) is 10.8 Å². The molecular formula is C14H17N3O4. The van der Waals surface area contributed by atoms with Gasteiger partial charge in [0, 0.05) is 13.1 Å². The van der Waals surface area contributed by atoms with Gasteiger partial charge in [-0.1, -0.05) is 24.3 Å². The number of hydrogen-bond donors (Lipinski definition) is 4. The number of benzene rings is 1. The Morgan fingerprint density at radius 1 is 1.38 bits per heavy atom. The Hall–Kier alpha value is -2.41. The summed E-state index contributed by atoms with van der Waals surface area (Å²) in [5, 5.41) is 14.5. The topological polar surface area (TPSA) is 122 Å². The minimum absolute atomic E-state index is 0.422. The predicted octanol–water partition coefficient (Wildman–Crippen LogP) is -0.682. The highest BCUT2D eigenvalue weighted by Gasteiger charge is 2.30. The summed E-state index contributed by atoms with van der Waals surface area (Å²) in [5.74, 6) is -2.96. The van der Waals surface area contributed by atoms with Gasteiger partial charge in [0.2, 0.25) is 11.8 Å². The van der Waals surface area contributed by atoms with Gasteiger partial charge in [0.05, 0.1) is 12.3 Å². The van der Waals surface area contributed by atoms with Gasteiger partial charge in [-0.3, -0.25) is 9.59 Å². The molecule has 2 amide bonds. The number of fused-ring (bicyclic) bond motifs is 1. The first-order valence-electron chi connectivity index (χ1n) is 6.59. The molecule has 2 unspecified atom stereocenters. The van der Waals surface area contributed by atoms with E-state index in [9.17, 15) is 14.4 Å². The van der Waals surface area contributed by atoms with E-state index in [1.54, 1.807) is 0 Å². The van der Waals surface area contributed by atoms with Crippen molar-refractivity contribution in [2.75, 3.05) is 6.54 Å². The molecule has 0 aliphatic carbocycles. The maximum Gasteiger partial charge on any atom is 0.326 e. The fourth-order valence-corrected chi connectivity index (χ4v) is 2.40. The van der Waals surface area contributed by atoms with Gasteiger partial charge in [-0.25, -0.2) is 4.79 Å². The number of primary amides is 1. The molecule has 1 heterocycles. The van der Waals surface area contributed by atoms with Gasteiger partial charge < -0.3 is 21.5 Å². The fourth-order valence-electron chi connectivity index (χ4n) is 2.40. The number of carbonyl (C=O) groups is 3. The number of rotatable bonds is 5. The molecular weight excluding hydrogens is 274 g/mol. The van der Waals surface area contributed by atoms with Crippen molar-refractivity contribution in [2.45, 2.75) is 24.9 Å². The van der Waals surface area contributed by atoms with E-state index in [1.807, 2.05) is 24.3 Å². The number of aliphatic carboxylic acids is 1. The summed E-state index contributed by atoms with van der Waals surface area (Å²) in [5.41, 5.74) is 6.87. The smallest absolute Gasteiger partial charge is 0.326 e. The van der Waals surface area contributed by atoms with E-state index in [0.29, 0.717) is 13.1 Å². The van der Waals surface area contributed by atoms with Crippen LogP contribution in [0.2, 0.25) is 0 Å². The van der Waals surface area contributed by atoms with Gasteiger partial charge >= 0.3 is 5.97 Å². The Labute approximate surface area is 121 Å². The number of amides is 2. The maximum absolute atomic E-state index is 12.3. The van der Waals surface area contributed by atoms with Gasteiger partial charge in [-0.2, -0.15) is 0 Å². The third-order valence-electron chi connectivity index (χ3n) is 3.43. The number of hydrogen-bond acceptors (Lipinski definition) is 4.